The number of carbonyl (C=O) groups excluding carboxylic acids is 1. The van der Waals surface area contributed by atoms with E-state index in [-0.39, 0.29) is 22.1 Å². The van der Waals surface area contributed by atoms with Crippen LogP contribution in [0.1, 0.15) is 32.6 Å². The molecular formula is C22H19ClN2O2S2. The monoisotopic (exact) mass is 442 g/mol. The number of benzene rings is 1. The van der Waals surface area contributed by atoms with Gasteiger partial charge in [0, 0.05) is 45.6 Å². The van der Waals surface area contributed by atoms with Crippen LogP contribution in [0.4, 0.5) is 0 Å². The Hall–Kier alpha value is -2.28. The minimum atomic E-state index is -0.370. The van der Waals surface area contributed by atoms with Gasteiger partial charge in [-0.1, -0.05) is 17.7 Å². The Bertz CT molecular complexity index is 1150. The molecular weight excluding hydrogens is 424 g/mol. The first-order valence-corrected chi connectivity index (χ1v) is 11.3. The van der Waals surface area contributed by atoms with E-state index in [1.165, 1.54) is 11.6 Å². The van der Waals surface area contributed by atoms with Crippen LogP contribution in [-0.2, 0) is 6.42 Å². The second kappa shape index (κ2) is 8.22. The van der Waals surface area contributed by atoms with Crippen LogP contribution in [0.5, 0.6) is 0 Å². The fourth-order valence-electron chi connectivity index (χ4n) is 3.60. The SMILES string of the molecule is C=CCNC(=O)c1c2n(c(C)cc1=O)-c1ccc(Cl)cc1SC(c1ccsc1)C2. The van der Waals surface area contributed by atoms with Crippen molar-refractivity contribution >= 4 is 40.6 Å². The number of fused-ring (bicyclic) bond motifs is 3. The minimum Gasteiger partial charge on any atom is -0.348 e. The zero-order valence-corrected chi connectivity index (χ0v) is 18.2. The number of hydrogen-bond acceptors (Lipinski definition) is 4. The number of carbonyl (C=O) groups is 1. The van der Waals surface area contributed by atoms with E-state index < -0.39 is 0 Å². The maximum Gasteiger partial charge on any atom is 0.257 e. The summed E-state index contributed by atoms with van der Waals surface area (Å²) in [5.41, 5.74) is 3.55. The summed E-state index contributed by atoms with van der Waals surface area (Å²) in [5, 5.41) is 7.65. The Labute approximate surface area is 182 Å². The molecule has 1 aliphatic rings. The highest BCUT2D eigenvalue weighted by Crippen LogP contribution is 2.45. The molecule has 3 aromatic rings. The summed E-state index contributed by atoms with van der Waals surface area (Å²) >= 11 is 9.64. The third-order valence-electron chi connectivity index (χ3n) is 4.86. The van der Waals surface area contributed by atoms with Crippen LogP contribution in [-0.4, -0.2) is 17.0 Å². The van der Waals surface area contributed by atoms with Crippen molar-refractivity contribution in [3.8, 4) is 5.69 Å². The summed E-state index contributed by atoms with van der Waals surface area (Å²) in [6, 6.07) is 9.36. The summed E-state index contributed by atoms with van der Waals surface area (Å²) in [7, 11) is 0. The highest BCUT2D eigenvalue weighted by Gasteiger charge is 2.29. The number of nitrogens with one attached hydrogen (secondary N) is 1. The van der Waals surface area contributed by atoms with Gasteiger partial charge < -0.3 is 9.88 Å². The average molecular weight is 443 g/mol. The molecule has 4 rings (SSSR count). The number of thiophene rings is 1. The zero-order chi connectivity index (χ0) is 20.5. The number of amides is 1. The summed E-state index contributed by atoms with van der Waals surface area (Å²) < 4.78 is 2.02. The van der Waals surface area contributed by atoms with Gasteiger partial charge in [-0.25, -0.2) is 0 Å². The normalized spacial score (nSPS) is 15.2. The molecule has 1 aliphatic heterocycles. The van der Waals surface area contributed by atoms with Crippen LogP contribution < -0.4 is 10.7 Å². The largest absolute Gasteiger partial charge is 0.348 e. The molecule has 0 saturated heterocycles. The zero-order valence-electron chi connectivity index (χ0n) is 15.8. The topological polar surface area (TPSA) is 51.1 Å². The fraction of sp³-hybridized carbons (Fsp3) is 0.182. The Morgan fingerprint density at radius 3 is 2.93 bits per heavy atom. The van der Waals surface area contributed by atoms with Crippen molar-refractivity contribution in [1.82, 2.24) is 9.88 Å². The van der Waals surface area contributed by atoms with Crippen molar-refractivity contribution in [2.45, 2.75) is 23.5 Å². The molecule has 3 heterocycles. The van der Waals surface area contributed by atoms with E-state index in [9.17, 15) is 9.59 Å². The number of hydrogen-bond donors (Lipinski definition) is 1. The van der Waals surface area contributed by atoms with Crippen LogP contribution >= 0.6 is 34.7 Å². The van der Waals surface area contributed by atoms with Crippen molar-refractivity contribution in [3.05, 3.63) is 91.5 Å². The maximum absolute atomic E-state index is 12.9. The first-order valence-electron chi connectivity index (χ1n) is 9.13. The lowest BCUT2D eigenvalue weighted by Crippen LogP contribution is -2.32. The van der Waals surface area contributed by atoms with Crippen LogP contribution in [0.25, 0.3) is 5.69 Å². The number of thioether (sulfide) groups is 1. The van der Waals surface area contributed by atoms with Gasteiger partial charge in [0.15, 0.2) is 5.43 Å². The van der Waals surface area contributed by atoms with Crippen LogP contribution in [0.3, 0.4) is 0 Å². The smallest absolute Gasteiger partial charge is 0.257 e. The Kier molecular flexibility index (Phi) is 5.67. The summed E-state index contributed by atoms with van der Waals surface area (Å²) in [4.78, 5) is 26.8. The quantitative estimate of drug-likeness (QED) is 0.567. The van der Waals surface area contributed by atoms with Gasteiger partial charge in [-0.05, 0) is 47.5 Å². The second-order valence-corrected chi connectivity index (χ2v) is 9.25. The molecule has 0 radical (unpaired) electrons. The number of rotatable bonds is 4. The Morgan fingerprint density at radius 1 is 1.38 bits per heavy atom. The highest BCUT2D eigenvalue weighted by atomic mass is 35.5. The summed E-state index contributed by atoms with van der Waals surface area (Å²) in [6.45, 7) is 5.84. The molecule has 0 aliphatic carbocycles. The van der Waals surface area contributed by atoms with Gasteiger partial charge in [-0.3, -0.25) is 9.59 Å². The standard InChI is InChI=1S/C22H19ClN2O2S2/c1-3-7-24-22(27)21-17-11-19(14-6-8-28-12-14)29-20-10-15(23)4-5-16(20)25(17)13(2)9-18(21)26/h3-6,8-10,12,19H,1,7,11H2,2H3,(H,24,27). The average Bonchev–Trinajstić information content (AvgIpc) is 3.16. The number of aromatic nitrogens is 1. The lowest BCUT2D eigenvalue weighted by Gasteiger charge is -2.19. The van der Waals surface area contributed by atoms with E-state index in [4.69, 9.17) is 11.6 Å². The van der Waals surface area contributed by atoms with E-state index in [0.29, 0.717) is 18.0 Å². The third kappa shape index (κ3) is 3.80. The minimum absolute atomic E-state index is 0.0689. The van der Waals surface area contributed by atoms with Gasteiger partial charge in [0.25, 0.3) is 5.91 Å². The molecule has 1 atom stereocenters. The molecule has 0 spiro atoms. The lowest BCUT2D eigenvalue weighted by molar-refractivity contribution is 0.0955. The van der Waals surface area contributed by atoms with Crippen LogP contribution in [0, 0.1) is 6.92 Å². The molecule has 7 heteroatoms. The van der Waals surface area contributed by atoms with Gasteiger partial charge in [0.2, 0.25) is 0 Å². The predicted octanol–water partition coefficient (Wildman–Crippen LogP) is 5.17. The van der Waals surface area contributed by atoms with Crippen molar-refractivity contribution in [3.63, 3.8) is 0 Å². The fourth-order valence-corrected chi connectivity index (χ4v) is 5.94. The summed E-state index contributed by atoms with van der Waals surface area (Å²) in [5.74, 6) is -0.370. The predicted molar refractivity (Wildman–Crippen MR) is 121 cm³/mol. The first-order chi connectivity index (χ1) is 14.0. The van der Waals surface area contributed by atoms with Gasteiger partial charge >= 0.3 is 0 Å². The van der Waals surface area contributed by atoms with Crippen LogP contribution in [0.2, 0.25) is 5.02 Å². The molecule has 0 fully saturated rings. The van der Waals surface area contributed by atoms with Crippen molar-refractivity contribution in [2.24, 2.45) is 0 Å². The molecule has 1 aromatic carbocycles. The van der Waals surface area contributed by atoms with Crippen molar-refractivity contribution in [1.29, 1.82) is 0 Å². The van der Waals surface area contributed by atoms with Crippen molar-refractivity contribution in [2.75, 3.05) is 6.54 Å². The number of halogens is 1. The molecule has 0 saturated carbocycles. The number of pyridine rings is 1. The van der Waals surface area contributed by atoms with Crippen LogP contribution in [0.15, 0.2) is 63.4 Å². The molecule has 4 nitrogen and oxygen atoms in total. The van der Waals surface area contributed by atoms with Gasteiger partial charge in [0.1, 0.15) is 5.56 Å². The molecule has 1 unspecified atom stereocenters. The molecule has 1 N–H and O–H groups in total. The van der Waals surface area contributed by atoms with E-state index in [2.05, 4.69) is 23.3 Å². The van der Waals surface area contributed by atoms with E-state index in [1.807, 2.05) is 35.1 Å². The Balaban J connectivity index is 1.99. The van der Waals surface area contributed by atoms with E-state index in [0.717, 1.165) is 22.0 Å². The van der Waals surface area contributed by atoms with E-state index >= 15 is 0 Å². The Morgan fingerprint density at radius 2 is 2.21 bits per heavy atom. The maximum atomic E-state index is 12.9. The first kappa shape index (κ1) is 20.0. The van der Waals surface area contributed by atoms with Gasteiger partial charge in [-0.2, -0.15) is 11.3 Å². The van der Waals surface area contributed by atoms with Gasteiger partial charge in [-0.15, -0.1) is 18.3 Å². The van der Waals surface area contributed by atoms with E-state index in [1.54, 1.807) is 29.2 Å². The number of aryl methyl sites for hydroxylation is 1. The van der Waals surface area contributed by atoms with Gasteiger partial charge in [0.05, 0.1) is 5.69 Å². The molecule has 29 heavy (non-hydrogen) atoms. The third-order valence-corrected chi connectivity index (χ3v) is 7.10. The summed E-state index contributed by atoms with van der Waals surface area (Å²) in [6.07, 6.45) is 2.16. The number of nitrogens with zero attached hydrogens (tertiary/aromatic N) is 1. The molecule has 2 aromatic heterocycles. The molecule has 1 amide bonds. The highest BCUT2D eigenvalue weighted by molar-refractivity contribution is 7.99. The lowest BCUT2D eigenvalue weighted by atomic mass is 10.0. The molecule has 0 bridgehead atoms. The second-order valence-electron chi connectivity index (χ2n) is 6.79. The van der Waals surface area contributed by atoms with Crippen molar-refractivity contribution < 1.29 is 4.79 Å². The molecule has 148 valence electrons.